The van der Waals surface area contributed by atoms with Crippen molar-refractivity contribution in [3.8, 4) is 17.2 Å². The number of esters is 1. The highest BCUT2D eigenvalue weighted by atomic mass is 16.5. The summed E-state index contributed by atoms with van der Waals surface area (Å²) in [4.78, 5) is 17.9. The van der Waals surface area contributed by atoms with Crippen molar-refractivity contribution in [1.29, 1.82) is 0 Å². The third-order valence-electron chi connectivity index (χ3n) is 4.26. The second kappa shape index (κ2) is 8.99. The summed E-state index contributed by atoms with van der Waals surface area (Å²) in [5.74, 6) is 0.732. The molecule has 0 aliphatic rings. The van der Waals surface area contributed by atoms with Crippen molar-refractivity contribution in [2.24, 2.45) is 0 Å². The molecule has 0 N–H and O–H groups in total. The lowest BCUT2D eigenvalue weighted by molar-refractivity contribution is -0.131. The summed E-state index contributed by atoms with van der Waals surface area (Å²) >= 11 is 0. The van der Waals surface area contributed by atoms with Crippen LogP contribution in [0, 0.1) is 0 Å². The van der Waals surface area contributed by atoms with Crippen molar-refractivity contribution in [2.75, 3.05) is 18.0 Å². The Labute approximate surface area is 164 Å². The molecule has 0 saturated heterocycles. The van der Waals surface area contributed by atoms with Crippen LogP contribution in [-0.2, 0) is 4.79 Å². The molecule has 3 aromatic rings. The quantitative estimate of drug-likeness (QED) is 0.440. The number of nitrogens with zero attached hydrogens (tertiary/aromatic N) is 3. The molecule has 0 aliphatic carbocycles. The fourth-order valence-corrected chi connectivity index (χ4v) is 2.85. The topological polar surface area (TPSA) is 68.5 Å². The minimum absolute atomic E-state index is 0.299. The maximum Gasteiger partial charge on any atom is 0.308 e. The Hall–Kier alpha value is -3.41. The molecule has 3 rings (SSSR count). The van der Waals surface area contributed by atoms with E-state index in [2.05, 4.69) is 53.2 Å². The van der Waals surface area contributed by atoms with Gasteiger partial charge in [-0.1, -0.05) is 35.5 Å². The zero-order valence-corrected chi connectivity index (χ0v) is 16.3. The molecule has 0 unspecified atom stereocenters. The van der Waals surface area contributed by atoms with Gasteiger partial charge >= 0.3 is 5.97 Å². The van der Waals surface area contributed by atoms with Crippen molar-refractivity contribution in [1.82, 2.24) is 10.1 Å². The molecule has 1 aromatic heterocycles. The predicted octanol–water partition coefficient (Wildman–Crippen LogP) is 4.68. The van der Waals surface area contributed by atoms with E-state index in [1.165, 1.54) is 12.6 Å². The van der Waals surface area contributed by atoms with E-state index in [0.29, 0.717) is 23.0 Å². The summed E-state index contributed by atoms with van der Waals surface area (Å²) in [6, 6.07) is 15.4. The first-order valence-electron chi connectivity index (χ1n) is 9.25. The van der Waals surface area contributed by atoms with E-state index in [-0.39, 0.29) is 0 Å². The van der Waals surface area contributed by atoms with E-state index in [9.17, 15) is 4.79 Å². The Morgan fingerprint density at radius 2 is 1.79 bits per heavy atom. The summed E-state index contributed by atoms with van der Waals surface area (Å²) in [7, 11) is 0. The molecule has 6 nitrogen and oxygen atoms in total. The summed E-state index contributed by atoms with van der Waals surface area (Å²) in [6.07, 6.45) is 3.71. The second-order valence-corrected chi connectivity index (χ2v) is 6.14. The Kier molecular flexibility index (Phi) is 6.22. The largest absolute Gasteiger partial charge is 0.426 e. The van der Waals surface area contributed by atoms with E-state index in [1.807, 2.05) is 12.1 Å². The third-order valence-corrected chi connectivity index (χ3v) is 4.26. The monoisotopic (exact) mass is 377 g/mol. The van der Waals surface area contributed by atoms with Gasteiger partial charge in [-0.25, -0.2) is 0 Å². The van der Waals surface area contributed by atoms with Crippen LogP contribution in [0.1, 0.15) is 32.2 Å². The number of hydrogen-bond acceptors (Lipinski definition) is 6. The smallest absolute Gasteiger partial charge is 0.308 e. The molecule has 6 heteroatoms. The standard InChI is InChI=1S/C22H23N3O3/c1-4-25(5-2)18-13-10-17(11-14-18)12-15-21-23-22(28-24-21)19-8-6-7-9-20(19)27-16(3)26/h6-15H,4-5H2,1-3H3/b15-12+. The molecular formula is C22H23N3O3. The van der Waals surface area contributed by atoms with Crippen molar-refractivity contribution in [3.05, 3.63) is 59.9 Å². The molecule has 28 heavy (non-hydrogen) atoms. The molecule has 0 bridgehead atoms. The van der Waals surface area contributed by atoms with Crippen LogP contribution >= 0.6 is 0 Å². The number of rotatable bonds is 7. The van der Waals surface area contributed by atoms with Crippen LogP contribution in [0.5, 0.6) is 5.75 Å². The molecule has 0 aliphatic heterocycles. The van der Waals surface area contributed by atoms with Crippen molar-refractivity contribution >= 4 is 23.8 Å². The molecular weight excluding hydrogens is 354 g/mol. The van der Waals surface area contributed by atoms with Crippen LogP contribution < -0.4 is 9.64 Å². The minimum atomic E-state index is -0.403. The number of anilines is 1. The Bertz CT molecular complexity index is 957. The first-order valence-corrected chi connectivity index (χ1v) is 9.25. The number of aromatic nitrogens is 2. The van der Waals surface area contributed by atoms with Gasteiger partial charge in [0.15, 0.2) is 5.82 Å². The van der Waals surface area contributed by atoms with E-state index in [0.717, 1.165) is 18.7 Å². The van der Waals surface area contributed by atoms with Crippen LogP contribution in [0.4, 0.5) is 5.69 Å². The fourth-order valence-electron chi connectivity index (χ4n) is 2.85. The Morgan fingerprint density at radius 1 is 1.07 bits per heavy atom. The number of ether oxygens (including phenoxy) is 1. The Balaban J connectivity index is 1.76. The zero-order chi connectivity index (χ0) is 19.9. The van der Waals surface area contributed by atoms with Gasteiger partial charge in [-0.15, -0.1) is 0 Å². The minimum Gasteiger partial charge on any atom is -0.426 e. The van der Waals surface area contributed by atoms with E-state index < -0.39 is 5.97 Å². The van der Waals surface area contributed by atoms with Gasteiger partial charge in [0, 0.05) is 25.7 Å². The number of hydrogen-bond donors (Lipinski definition) is 0. The molecule has 0 saturated carbocycles. The van der Waals surface area contributed by atoms with Gasteiger partial charge in [-0.2, -0.15) is 4.98 Å². The average molecular weight is 377 g/mol. The number of carbonyl (C=O) groups excluding carboxylic acids is 1. The third kappa shape index (κ3) is 4.65. The van der Waals surface area contributed by atoms with Crippen LogP contribution in [0.3, 0.4) is 0 Å². The van der Waals surface area contributed by atoms with Crippen LogP contribution in [0.15, 0.2) is 53.1 Å². The summed E-state index contributed by atoms with van der Waals surface area (Å²) in [6.45, 7) is 7.60. The molecule has 0 atom stereocenters. The molecule has 0 spiro atoms. The summed E-state index contributed by atoms with van der Waals surface area (Å²) in [5.41, 5.74) is 2.82. The molecule has 1 heterocycles. The average Bonchev–Trinajstić information content (AvgIpc) is 3.17. The van der Waals surface area contributed by atoms with E-state index in [4.69, 9.17) is 9.26 Å². The molecule has 0 amide bonds. The van der Waals surface area contributed by atoms with Gasteiger partial charge in [-0.3, -0.25) is 4.79 Å². The Morgan fingerprint density at radius 3 is 2.46 bits per heavy atom. The first-order chi connectivity index (χ1) is 13.6. The highest BCUT2D eigenvalue weighted by Gasteiger charge is 2.14. The number of para-hydroxylation sites is 1. The number of benzene rings is 2. The van der Waals surface area contributed by atoms with Crippen LogP contribution in [0.25, 0.3) is 23.6 Å². The van der Waals surface area contributed by atoms with Crippen LogP contribution in [-0.4, -0.2) is 29.2 Å². The van der Waals surface area contributed by atoms with Crippen molar-refractivity contribution in [2.45, 2.75) is 20.8 Å². The van der Waals surface area contributed by atoms with Gasteiger partial charge in [-0.05, 0) is 49.8 Å². The summed E-state index contributed by atoms with van der Waals surface area (Å²) in [5, 5.41) is 3.98. The van der Waals surface area contributed by atoms with Gasteiger partial charge in [0.2, 0.25) is 0 Å². The van der Waals surface area contributed by atoms with Crippen molar-refractivity contribution < 1.29 is 14.1 Å². The lowest BCUT2D eigenvalue weighted by atomic mass is 10.2. The molecule has 2 aromatic carbocycles. The molecule has 144 valence electrons. The normalized spacial score (nSPS) is 11.0. The van der Waals surface area contributed by atoms with E-state index in [1.54, 1.807) is 24.3 Å². The van der Waals surface area contributed by atoms with Gasteiger partial charge in [0.25, 0.3) is 5.89 Å². The number of carbonyl (C=O) groups is 1. The highest BCUT2D eigenvalue weighted by Crippen LogP contribution is 2.28. The highest BCUT2D eigenvalue weighted by molar-refractivity contribution is 5.74. The van der Waals surface area contributed by atoms with Crippen molar-refractivity contribution in [3.63, 3.8) is 0 Å². The zero-order valence-electron chi connectivity index (χ0n) is 16.3. The fraction of sp³-hybridized carbons (Fsp3) is 0.227. The maximum absolute atomic E-state index is 11.3. The lowest BCUT2D eigenvalue weighted by Gasteiger charge is -2.20. The first kappa shape index (κ1) is 19.4. The lowest BCUT2D eigenvalue weighted by Crippen LogP contribution is -2.21. The molecule has 0 fully saturated rings. The molecule has 0 radical (unpaired) electrons. The SMILES string of the molecule is CCN(CC)c1ccc(/C=C/c2noc(-c3ccccc3OC(C)=O)n2)cc1. The second-order valence-electron chi connectivity index (χ2n) is 6.14. The predicted molar refractivity (Wildman–Crippen MR) is 110 cm³/mol. The van der Waals surface area contributed by atoms with Gasteiger partial charge in [0.05, 0.1) is 5.56 Å². The van der Waals surface area contributed by atoms with E-state index >= 15 is 0 Å². The maximum atomic E-state index is 11.3. The van der Waals surface area contributed by atoms with Crippen LogP contribution in [0.2, 0.25) is 0 Å². The van der Waals surface area contributed by atoms with Gasteiger partial charge in [0.1, 0.15) is 5.75 Å². The summed E-state index contributed by atoms with van der Waals surface area (Å²) < 4.78 is 10.5. The van der Waals surface area contributed by atoms with Gasteiger partial charge < -0.3 is 14.2 Å².